The van der Waals surface area contributed by atoms with Gasteiger partial charge in [0.1, 0.15) is 5.82 Å². The molecule has 0 unspecified atom stereocenters. The minimum Gasteiger partial charge on any atom is -0.339 e. The fraction of sp³-hybridized carbons (Fsp3) is 0.444. The molecule has 0 atom stereocenters. The number of anilines is 2. The van der Waals surface area contributed by atoms with Crippen LogP contribution in [0.1, 0.15) is 71.1 Å². The molecule has 36 heavy (non-hydrogen) atoms. The summed E-state index contributed by atoms with van der Waals surface area (Å²) >= 11 is 12.3. The number of halogens is 2. The van der Waals surface area contributed by atoms with Crippen LogP contribution in [0.2, 0.25) is 10.0 Å². The maximum Gasteiger partial charge on any atom is 0.273 e. The first kappa shape index (κ1) is 28.4. The Balaban J connectivity index is 1.51. The van der Waals surface area contributed by atoms with Gasteiger partial charge in [-0.2, -0.15) is 0 Å². The molecule has 0 aliphatic carbocycles. The summed E-state index contributed by atoms with van der Waals surface area (Å²) < 4.78 is 26.9. The summed E-state index contributed by atoms with van der Waals surface area (Å²) in [6.45, 7) is 2.22. The Bertz CT molecular complexity index is 1270. The molecule has 196 valence electrons. The Kier molecular flexibility index (Phi) is 11.0. The van der Waals surface area contributed by atoms with Crippen molar-refractivity contribution in [3.05, 3.63) is 68.9 Å². The zero-order valence-electron chi connectivity index (χ0n) is 20.7. The van der Waals surface area contributed by atoms with Gasteiger partial charge in [0.2, 0.25) is 0 Å². The van der Waals surface area contributed by atoms with E-state index in [0.29, 0.717) is 28.6 Å². The lowest BCUT2D eigenvalue weighted by atomic mass is 10.1. The topological polar surface area (TPSA) is 84.0 Å². The Morgan fingerprint density at radius 1 is 0.833 bits per heavy atom. The predicted octanol–water partition coefficient (Wildman–Crippen LogP) is 7.91. The molecule has 0 amide bonds. The molecule has 9 heteroatoms. The number of H-pyrrole nitrogens is 1. The van der Waals surface area contributed by atoms with E-state index in [0.717, 1.165) is 12.8 Å². The van der Waals surface area contributed by atoms with Crippen LogP contribution in [0.4, 0.5) is 11.5 Å². The molecule has 0 saturated carbocycles. The molecule has 1 heterocycles. The number of unbranched alkanes of at least 4 members (excludes halogenated alkanes) is 9. The Morgan fingerprint density at radius 2 is 1.44 bits per heavy atom. The first-order valence-electron chi connectivity index (χ1n) is 12.7. The average molecular weight is 553 g/mol. The monoisotopic (exact) mass is 551 g/mol. The fourth-order valence-corrected chi connectivity index (χ4v) is 5.89. The number of sulfone groups is 1. The van der Waals surface area contributed by atoms with E-state index >= 15 is 0 Å². The molecule has 0 saturated heterocycles. The average Bonchev–Trinajstić information content (AvgIpc) is 3.21. The molecule has 0 fully saturated rings. The minimum absolute atomic E-state index is 0.115. The Labute approximate surface area is 223 Å². The van der Waals surface area contributed by atoms with Crippen molar-refractivity contribution in [2.45, 2.75) is 76.0 Å². The lowest BCUT2D eigenvalue weighted by Crippen LogP contribution is -2.13. The van der Waals surface area contributed by atoms with E-state index in [-0.39, 0.29) is 21.2 Å². The van der Waals surface area contributed by atoms with Crippen molar-refractivity contribution in [3.8, 4) is 5.69 Å². The molecule has 0 radical (unpaired) electrons. The highest BCUT2D eigenvalue weighted by molar-refractivity contribution is 7.91. The van der Waals surface area contributed by atoms with Gasteiger partial charge in [-0.3, -0.25) is 9.89 Å². The summed E-state index contributed by atoms with van der Waals surface area (Å²) in [5.41, 5.74) is 0.877. The van der Waals surface area contributed by atoms with Crippen molar-refractivity contribution in [2.75, 3.05) is 11.1 Å². The largest absolute Gasteiger partial charge is 0.339 e. The van der Waals surface area contributed by atoms with E-state index in [1.165, 1.54) is 61.8 Å². The highest BCUT2D eigenvalue weighted by atomic mass is 35.5. The third-order valence-electron chi connectivity index (χ3n) is 6.14. The van der Waals surface area contributed by atoms with Gasteiger partial charge < -0.3 is 5.32 Å². The molecular formula is C27H35Cl2N3O3S. The number of nitrogens with zero attached hydrogens (tertiary/aromatic N) is 1. The summed E-state index contributed by atoms with van der Waals surface area (Å²) in [6, 6.07) is 12.9. The van der Waals surface area contributed by atoms with Crippen molar-refractivity contribution >= 4 is 44.5 Å². The highest BCUT2D eigenvalue weighted by Gasteiger charge is 2.16. The smallest absolute Gasteiger partial charge is 0.273 e. The first-order chi connectivity index (χ1) is 17.3. The second-order valence-electron chi connectivity index (χ2n) is 9.09. The molecule has 2 N–H and O–H groups in total. The maximum absolute atomic E-state index is 12.8. The van der Waals surface area contributed by atoms with E-state index in [9.17, 15) is 13.2 Å². The number of nitrogens with one attached hydrogen (secondary N) is 2. The Morgan fingerprint density at radius 3 is 2.06 bits per heavy atom. The highest BCUT2D eigenvalue weighted by Crippen LogP contribution is 2.28. The maximum atomic E-state index is 12.8. The van der Waals surface area contributed by atoms with Gasteiger partial charge in [-0.15, -0.1) is 0 Å². The lowest BCUT2D eigenvalue weighted by molar-refractivity contribution is 0.558. The van der Waals surface area contributed by atoms with Gasteiger partial charge in [0.25, 0.3) is 5.56 Å². The van der Waals surface area contributed by atoms with E-state index in [1.54, 1.807) is 36.4 Å². The number of aromatic nitrogens is 2. The normalized spacial score (nSPS) is 11.6. The molecule has 3 aromatic rings. The zero-order chi connectivity index (χ0) is 26.0. The number of hydrogen-bond donors (Lipinski definition) is 2. The summed E-state index contributed by atoms with van der Waals surface area (Å²) in [7, 11) is -3.41. The van der Waals surface area contributed by atoms with Crippen LogP contribution in [0, 0.1) is 0 Å². The van der Waals surface area contributed by atoms with Crippen LogP contribution in [-0.4, -0.2) is 24.0 Å². The molecule has 6 nitrogen and oxygen atoms in total. The van der Waals surface area contributed by atoms with E-state index in [4.69, 9.17) is 23.2 Å². The SMILES string of the molecule is CCCCCCCCCCCCS(=O)(=O)c1ccc(Nc2cc(=O)n(-c3ccc(Cl)cc3)[nH]2)c(Cl)c1. The number of hydrogen-bond acceptors (Lipinski definition) is 4. The molecule has 2 aromatic carbocycles. The summed E-state index contributed by atoms with van der Waals surface area (Å²) in [4.78, 5) is 12.6. The van der Waals surface area contributed by atoms with Crippen LogP contribution in [0.25, 0.3) is 5.69 Å². The number of rotatable bonds is 15. The molecule has 0 spiro atoms. The second-order valence-corrected chi connectivity index (χ2v) is 12.0. The third-order valence-corrected chi connectivity index (χ3v) is 8.50. The van der Waals surface area contributed by atoms with Crippen LogP contribution >= 0.6 is 23.2 Å². The van der Waals surface area contributed by atoms with Crippen LogP contribution in [0.3, 0.4) is 0 Å². The van der Waals surface area contributed by atoms with Gasteiger partial charge >= 0.3 is 0 Å². The lowest BCUT2D eigenvalue weighted by Gasteiger charge is -2.10. The quantitative estimate of drug-likeness (QED) is 0.188. The zero-order valence-corrected chi connectivity index (χ0v) is 23.1. The van der Waals surface area contributed by atoms with Crippen molar-refractivity contribution < 1.29 is 8.42 Å². The van der Waals surface area contributed by atoms with Crippen molar-refractivity contribution in [1.29, 1.82) is 0 Å². The minimum atomic E-state index is -3.41. The van der Waals surface area contributed by atoms with Crippen LogP contribution in [0.5, 0.6) is 0 Å². The number of benzene rings is 2. The molecule has 1 aromatic heterocycles. The first-order valence-corrected chi connectivity index (χ1v) is 15.1. The van der Waals surface area contributed by atoms with Crippen LogP contribution in [-0.2, 0) is 9.84 Å². The van der Waals surface area contributed by atoms with Crippen LogP contribution in [0.15, 0.2) is 58.2 Å². The molecule has 3 rings (SSSR count). The molecule has 0 aliphatic rings. The standard InChI is InChI=1S/C27H35Cl2N3O3S/c1-2-3-4-5-6-7-8-9-10-11-18-36(34,35)23-16-17-25(24(29)19-23)30-26-20-27(33)32(31-26)22-14-12-21(28)13-15-22/h12-17,19-20,30-31H,2-11,18H2,1H3. The predicted molar refractivity (Wildman–Crippen MR) is 150 cm³/mol. The molecule has 0 aliphatic heterocycles. The van der Waals surface area contributed by atoms with E-state index in [1.807, 2.05) is 0 Å². The summed E-state index contributed by atoms with van der Waals surface area (Å²) in [5.74, 6) is 0.543. The van der Waals surface area contributed by atoms with Crippen molar-refractivity contribution in [1.82, 2.24) is 9.78 Å². The van der Waals surface area contributed by atoms with E-state index in [2.05, 4.69) is 17.3 Å². The van der Waals surface area contributed by atoms with Crippen LogP contribution < -0.4 is 10.9 Å². The number of aromatic amines is 1. The molecule has 0 bridgehead atoms. The van der Waals surface area contributed by atoms with Crippen molar-refractivity contribution in [2.24, 2.45) is 0 Å². The third kappa shape index (κ3) is 8.43. The van der Waals surface area contributed by atoms with Gasteiger partial charge in [0, 0.05) is 11.1 Å². The van der Waals surface area contributed by atoms with Gasteiger partial charge in [0.05, 0.1) is 27.0 Å². The summed E-state index contributed by atoms with van der Waals surface area (Å²) in [5, 5.41) is 6.86. The van der Waals surface area contributed by atoms with Gasteiger partial charge in [-0.05, 0) is 48.9 Å². The van der Waals surface area contributed by atoms with Gasteiger partial charge in [0.15, 0.2) is 9.84 Å². The fourth-order valence-electron chi connectivity index (χ4n) is 4.07. The Hall–Kier alpha value is -2.22. The van der Waals surface area contributed by atoms with Crippen molar-refractivity contribution in [3.63, 3.8) is 0 Å². The van der Waals surface area contributed by atoms with Gasteiger partial charge in [-0.25, -0.2) is 13.1 Å². The molecular weight excluding hydrogens is 517 g/mol. The van der Waals surface area contributed by atoms with Gasteiger partial charge in [-0.1, -0.05) is 87.9 Å². The van der Waals surface area contributed by atoms with E-state index < -0.39 is 9.84 Å². The summed E-state index contributed by atoms with van der Waals surface area (Å²) in [6.07, 6.45) is 11.5. The second kappa shape index (κ2) is 13.9.